The predicted molar refractivity (Wildman–Crippen MR) is 146 cm³/mol. The fourth-order valence-corrected chi connectivity index (χ4v) is 4.48. The zero-order chi connectivity index (χ0) is 25.6. The number of hydrogen-bond donors (Lipinski definition) is 1. The number of ether oxygens (including phenoxy) is 3. The maximum atomic E-state index is 12.7. The molecule has 0 unspecified atom stereocenters. The third kappa shape index (κ3) is 5.53. The Labute approximate surface area is 216 Å². The van der Waals surface area contributed by atoms with Gasteiger partial charge < -0.3 is 29.3 Å². The first-order chi connectivity index (χ1) is 18.1. The van der Waals surface area contributed by atoms with Gasteiger partial charge in [-0.1, -0.05) is 30.3 Å². The van der Waals surface area contributed by atoms with Crippen LogP contribution in [0, 0.1) is 0 Å². The van der Waals surface area contributed by atoms with Crippen LogP contribution in [0.2, 0.25) is 0 Å². The van der Waals surface area contributed by atoms with E-state index in [9.17, 15) is 4.79 Å². The highest BCUT2D eigenvalue weighted by Gasteiger charge is 2.19. The molecule has 1 saturated heterocycles. The number of methoxy groups -OCH3 is 2. The lowest BCUT2D eigenvalue weighted by atomic mass is 10.2. The Morgan fingerprint density at radius 3 is 2.38 bits per heavy atom. The lowest BCUT2D eigenvalue weighted by molar-refractivity contribution is -0.118. The molecule has 1 aliphatic heterocycles. The summed E-state index contributed by atoms with van der Waals surface area (Å²) in [6.07, 6.45) is 0. The van der Waals surface area contributed by atoms with E-state index in [0.717, 1.165) is 42.9 Å². The van der Waals surface area contributed by atoms with Gasteiger partial charge in [0.05, 0.1) is 19.9 Å². The second-order valence-corrected chi connectivity index (χ2v) is 8.71. The SMILES string of the molecule is COc1ccc(OC)c(NC(=O)COc2cccc3ccc(N4CCN(c5ccccc5)CC4)nc23)c1. The van der Waals surface area contributed by atoms with Crippen molar-refractivity contribution >= 4 is 34.0 Å². The molecule has 1 aromatic heterocycles. The third-order valence-electron chi connectivity index (χ3n) is 6.43. The molecular formula is C29H30N4O4. The van der Waals surface area contributed by atoms with Crippen molar-refractivity contribution in [2.45, 2.75) is 0 Å². The maximum absolute atomic E-state index is 12.7. The first-order valence-corrected chi connectivity index (χ1v) is 12.2. The lowest BCUT2D eigenvalue weighted by Gasteiger charge is -2.36. The van der Waals surface area contributed by atoms with E-state index in [1.165, 1.54) is 5.69 Å². The molecule has 1 fully saturated rings. The first kappa shape index (κ1) is 24.2. The summed E-state index contributed by atoms with van der Waals surface area (Å²) in [7, 11) is 3.12. The normalized spacial score (nSPS) is 13.4. The molecule has 3 aromatic carbocycles. The van der Waals surface area contributed by atoms with Gasteiger partial charge in [0.25, 0.3) is 5.91 Å². The smallest absolute Gasteiger partial charge is 0.262 e. The van der Waals surface area contributed by atoms with E-state index < -0.39 is 0 Å². The van der Waals surface area contributed by atoms with Gasteiger partial charge in [0.1, 0.15) is 28.6 Å². The molecule has 0 saturated carbocycles. The Bertz CT molecular complexity index is 1370. The van der Waals surface area contributed by atoms with Crippen molar-refractivity contribution in [2.24, 2.45) is 0 Å². The zero-order valence-corrected chi connectivity index (χ0v) is 21.0. The number of para-hydroxylation sites is 2. The van der Waals surface area contributed by atoms with Crippen LogP contribution in [0.25, 0.3) is 10.9 Å². The Morgan fingerprint density at radius 1 is 0.838 bits per heavy atom. The first-order valence-electron chi connectivity index (χ1n) is 12.2. The lowest BCUT2D eigenvalue weighted by Crippen LogP contribution is -2.46. The van der Waals surface area contributed by atoms with Crippen LogP contribution in [-0.2, 0) is 4.79 Å². The highest BCUT2D eigenvalue weighted by Crippen LogP contribution is 2.30. The van der Waals surface area contributed by atoms with Gasteiger partial charge in [-0.15, -0.1) is 0 Å². The summed E-state index contributed by atoms with van der Waals surface area (Å²) in [5, 5.41) is 3.79. The van der Waals surface area contributed by atoms with Gasteiger partial charge in [-0.2, -0.15) is 0 Å². The number of piperazine rings is 1. The van der Waals surface area contributed by atoms with Gasteiger partial charge in [-0.05, 0) is 42.5 Å². The minimum Gasteiger partial charge on any atom is -0.497 e. The number of nitrogens with zero attached hydrogens (tertiary/aromatic N) is 3. The van der Waals surface area contributed by atoms with Gasteiger partial charge in [-0.3, -0.25) is 4.79 Å². The van der Waals surface area contributed by atoms with Crippen LogP contribution in [0.1, 0.15) is 0 Å². The summed E-state index contributed by atoms with van der Waals surface area (Å²) in [6, 6.07) is 25.5. The average molecular weight is 499 g/mol. The van der Waals surface area contributed by atoms with E-state index in [2.05, 4.69) is 45.4 Å². The summed E-state index contributed by atoms with van der Waals surface area (Å²) in [4.78, 5) is 22.3. The predicted octanol–water partition coefficient (Wildman–Crippen LogP) is 4.60. The molecule has 2 heterocycles. The van der Waals surface area contributed by atoms with E-state index in [-0.39, 0.29) is 12.5 Å². The van der Waals surface area contributed by atoms with Crippen LogP contribution < -0.4 is 29.3 Å². The Balaban J connectivity index is 1.27. The summed E-state index contributed by atoms with van der Waals surface area (Å²) in [5.41, 5.74) is 2.50. The molecule has 0 atom stereocenters. The highest BCUT2D eigenvalue weighted by atomic mass is 16.5. The van der Waals surface area contributed by atoms with Crippen molar-refractivity contribution in [2.75, 3.05) is 62.1 Å². The summed E-state index contributed by atoms with van der Waals surface area (Å²) in [6.45, 7) is 3.44. The minimum absolute atomic E-state index is 0.166. The number of pyridine rings is 1. The fourth-order valence-electron chi connectivity index (χ4n) is 4.48. The second kappa shape index (κ2) is 11.1. The number of carbonyl (C=O) groups excluding carboxylic acids is 1. The molecule has 37 heavy (non-hydrogen) atoms. The molecular weight excluding hydrogens is 468 g/mol. The largest absolute Gasteiger partial charge is 0.497 e. The topological polar surface area (TPSA) is 76.2 Å². The molecule has 1 N–H and O–H groups in total. The van der Waals surface area contributed by atoms with E-state index >= 15 is 0 Å². The number of nitrogens with one attached hydrogen (secondary N) is 1. The number of rotatable bonds is 8. The van der Waals surface area contributed by atoms with Crippen LogP contribution in [0.3, 0.4) is 0 Å². The number of hydrogen-bond acceptors (Lipinski definition) is 7. The number of amides is 1. The van der Waals surface area contributed by atoms with Crippen molar-refractivity contribution in [3.63, 3.8) is 0 Å². The average Bonchev–Trinajstić information content (AvgIpc) is 2.96. The maximum Gasteiger partial charge on any atom is 0.262 e. The molecule has 1 amide bonds. The number of carbonyl (C=O) groups is 1. The monoisotopic (exact) mass is 498 g/mol. The molecule has 4 aromatic rings. The van der Waals surface area contributed by atoms with Crippen LogP contribution in [0.5, 0.6) is 17.2 Å². The molecule has 8 nitrogen and oxygen atoms in total. The summed E-state index contributed by atoms with van der Waals surface area (Å²) in [5.74, 6) is 2.32. The van der Waals surface area contributed by atoms with Crippen molar-refractivity contribution < 1.29 is 19.0 Å². The molecule has 1 aliphatic rings. The molecule has 0 radical (unpaired) electrons. The van der Waals surface area contributed by atoms with Crippen molar-refractivity contribution in [1.29, 1.82) is 0 Å². The third-order valence-corrected chi connectivity index (χ3v) is 6.43. The van der Waals surface area contributed by atoms with Crippen LogP contribution >= 0.6 is 0 Å². The molecule has 0 aliphatic carbocycles. The van der Waals surface area contributed by atoms with Crippen molar-refractivity contribution in [1.82, 2.24) is 4.98 Å². The van der Waals surface area contributed by atoms with Crippen molar-refractivity contribution in [3.05, 3.63) is 78.9 Å². The number of aromatic nitrogens is 1. The van der Waals surface area contributed by atoms with Gasteiger partial charge >= 0.3 is 0 Å². The van der Waals surface area contributed by atoms with Gasteiger partial charge in [0.15, 0.2) is 6.61 Å². The second-order valence-electron chi connectivity index (χ2n) is 8.71. The molecule has 190 valence electrons. The Morgan fingerprint density at radius 2 is 1.62 bits per heavy atom. The van der Waals surface area contributed by atoms with Crippen LogP contribution in [0.15, 0.2) is 78.9 Å². The number of fused-ring (bicyclic) bond motifs is 1. The van der Waals surface area contributed by atoms with E-state index in [1.807, 2.05) is 30.3 Å². The van der Waals surface area contributed by atoms with E-state index in [4.69, 9.17) is 19.2 Å². The van der Waals surface area contributed by atoms with Crippen LogP contribution in [-0.4, -0.2) is 57.9 Å². The zero-order valence-electron chi connectivity index (χ0n) is 21.0. The van der Waals surface area contributed by atoms with Crippen molar-refractivity contribution in [3.8, 4) is 17.2 Å². The fraction of sp³-hybridized carbons (Fsp3) is 0.241. The molecule has 8 heteroatoms. The summed E-state index contributed by atoms with van der Waals surface area (Å²) < 4.78 is 16.5. The highest BCUT2D eigenvalue weighted by molar-refractivity contribution is 5.94. The van der Waals surface area contributed by atoms with Gasteiger partial charge in [0, 0.05) is 43.3 Å². The van der Waals surface area contributed by atoms with E-state index in [1.54, 1.807) is 32.4 Å². The summed E-state index contributed by atoms with van der Waals surface area (Å²) >= 11 is 0. The van der Waals surface area contributed by atoms with Crippen LogP contribution in [0.4, 0.5) is 17.2 Å². The Hall–Kier alpha value is -4.46. The Kier molecular flexibility index (Phi) is 7.26. The van der Waals surface area contributed by atoms with Gasteiger partial charge in [0.2, 0.25) is 0 Å². The van der Waals surface area contributed by atoms with E-state index in [0.29, 0.717) is 22.9 Å². The number of benzene rings is 3. The molecule has 0 bridgehead atoms. The quantitative estimate of drug-likeness (QED) is 0.381. The van der Waals surface area contributed by atoms with Gasteiger partial charge in [-0.25, -0.2) is 4.98 Å². The minimum atomic E-state index is -0.309. The standard InChI is InChI=1S/C29H30N4O4/c1-35-23-12-13-25(36-2)24(19-23)30-28(34)20-37-26-10-6-7-21-11-14-27(31-29(21)26)33-17-15-32(16-18-33)22-8-4-3-5-9-22/h3-14,19H,15-18,20H2,1-2H3,(H,30,34). The number of anilines is 3. The molecule has 5 rings (SSSR count). The molecule has 0 spiro atoms.